The van der Waals surface area contributed by atoms with Crippen molar-refractivity contribution in [3.8, 4) is 33.6 Å². The highest BCUT2D eigenvalue weighted by Gasteiger charge is 2.17. The third-order valence-electron chi connectivity index (χ3n) is 9.48. The first-order valence-corrected chi connectivity index (χ1v) is 15.9. The monoisotopic (exact) mass is 588 g/mol. The lowest BCUT2D eigenvalue weighted by molar-refractivity contribution is 1.16. The zero-order valence-electron chi connectivity index (χ0n) is 25.9. The minimum absolute atomic E-state index is 1.17. The van der Waals surface area contributed by atoms with E-state index in [0.717, 1.165) is 0 Å². The predicted molar refractivity (Wildman–Crippen MR) is 195 cm³/mol. The Kier molecular flexibility index (Phi) is 5.97. The lowest BCUT2D eigenvalue weighted by Crippen LogP contribution is -1.95. The van der Waals surface area contributed by atoms with Crippen LogP contribution in [0.4, 0.5) is 0 Å². The maximum atomic E-state index is 2.41. The molecule has 0 radical (unpaired) electrons. The van der Waals surface area contributed by atoms with Crippen LogP contribution in [0.15, 0.2) is 158 Å². The van der Waals surface area contributed by atoms with Gasteiger partial charge in [0.05, 0.1) is 22.1 Å². The number of aromatic nitrogens is 2. The van der Waals surface area contributed by atoms with Crippen molar-refractivity contribution in [2.45, 2.75) is 13.8 Å². The number of hydrogen-bond acceptors (Lipinski definition) is 0. The lowest BCUT2D eigenvalue weighted by atomic mass is 9.98. The summed E-state index contributed by atoms with van der Waals surface area (Å²) < 4.78 is 4.82. The van der Waals surface area contributed by atoms with Gasteiger partial charge in [-0.15, -0.1) is 0 Å². The lowest BCUT2D eigenvalue weighted by Gasteiger charge is -2.10. The van der Waals surface area contributed by atoms with Gasteiger partial charge in [0, 0.05) is 32.9 Å². The Bertz CT molecular complexity index is 2510. The summed E-state index contributed by atoms with van der Waals surface area (Å²) in [5.74, 6) is 0. The van der Waals surface area contributed by atoms with Crippen molar-refractivity contribution in [2.75, 3.05) is 0 Å². The summed E-state index contributed by atoms with van der Waals surface area (Å²) in [6.45, 7) is 4.27. The molecule has 0 atom stereocenters. The van der Waals surface area contributed by atoms with E-state index in [4.69, 9.17) is 0 Å². The molecule has 0 bridgehead atoms. The van der Waals surface area contributed by atoms with Crippen LogP contribution >= 0.6 is 0 Å². The molecule has 0 aliphatic rings. The van der Waals surface area contributed by atoms with E-state index in [1.807, 2.05) is 0 Å². The molecule has 46 heavy (non-hydrogen) atoms. The van der Waals surface area contributed by atoms with E-state index in [-0.39, 0.29) is 0 Å². The molecule has 9 aromatic rings. The van der Waals surface area contributed by atoms with Gasteiger partial charge >= 0.3 is 0 Å². The highest BCUT2D eigenvalue weighted by Crippen LogP contribution is 2.38. The standard InChI is InChI=1S/C44H32N2/c1-29-11-15-31(16-12-29)32-17-19-33(20-18-32)34-21-25-43-39(27-34)40-28-36(24-26-44(40)45(43)35-22-13-30(2)14-23-35)46-41-9-5-3-7-37(41)38-8-4-6-10-42(38)46/h3-28H,1-2H3. The van der Waals surface area contributed by atoms with Gasteiger partial charge in [-0.05, 0) is 90.7 Å². The van der Waals surface area contributed by atoms with E-state index < -0.39 is 0 Å². The van der Waals surface area contributed by atoms with Crippen LogP contribution in [-0.2, 0) is 0 Å². The zero-order valence-corrected chi connectivity index (χ0v) is 25.9. The number of fused-ring (bicyclic) bond motifs is 6. The van der Waals surface area contributed by atoms with Gasteiger partial charge in [-0.25, -0.2) is 0 Å². The average molecular weight is 589 g/mol. The van der Waals surface area contributed by atoms with Crippen LogP contribution in [0.3, 0.4) is 0 Å². The van der Waals surface area contributed by atoms with Gasteiger partial charge in [0.2, 0.25) is 0 Å². The van der Waals surface area contributed by atoms with Gasteiger partial charge < -0.3 is 9.13 Å². The Labute approximate surface area is 268 Å². The first-order valence-electron chi connectivity index (χ1n) is 15.9. The van der Waals surface area contributed by atoms with Crippen LogP contribution < -0.4 is 0 Å². The maximum Gasteiger partial charge on any atom is 0.0542 e. The van der Waals surface area contributed by atoms with E-state index in [0.29, 0.717) is 0 Å². The van der Waals surface area contributed by atoms with Gasteiger partial charge in [0.1, 0.15) is 0 Å². The molecule has 0 saturated heterocycles. The normalized spacial score (nSPS) is 11.7. The smallest absolute Gasteiger partial charge is 0.0542 e. The molecule has 2 heterocycles. The van der Waals surface area contributed by atoms with Crippen molar-refractivity contribution in [2.24, 2.45) is 0 Å². The number of rotatable bonds is 4. The largest absolute Gasteiger partial charge is 0.309 e. The molecule has 0 saturated carbocycles. The third-order valence-corrected chi connectivity index (χ3v) is 9.48. The fourth-order valence-corrected chi connectivity index (χ4v) is 7.10. The van der Waals surface area contributed by atoms with Crippen molar-refractivity contribution in [3.63, 3.8) is 0 Å². The van der Waals surface area contributed by atoms with Crippen molar-refractivity contribution in [3.05, 3.63) is 169 Å². The molecule has 0 fully saturated rings. The minimum atomic E-state index is 1.17. The molecule has 0 unspecified atom stereocenters. The molecule has 0 spiro atoms. The number of nitrogens with zero attached hydrogens (tertiary/aromatic N) is 2. The van der Waals surface area contributed by atoms with Crippen molar-refractivity contribution in [1.29, 1.82) is 0 Å². The summed E-state index contributed by atoms with van der Waals surface area (Å²) in [6.07, 6.45) is 0. The Morgan fingerprint density at radius 2 is 0.696 bits per heavy atom. The molecule has 2 heteroatoms. The van der Waals surface area contributed by atoms with E-state index in [1.165, 1.54) is 88.4 Å². The minimum Gasteiger partial charge on any atom is -0.309 e. The third kappa shape index (κ3) is 4.18. The molecular formula is C44H32N2. The number of para-hydroxylation sites is 2. The van der Waals surface area contributed by atoms with Crippen molar-refractivity contribution < 1.29 is 0 Å². The van der Waals surface area contributed by atoms with Crippen molar-refractivity contribution in [1.82, 2.24) is 9.13 Å². The summed E-state index contributed by atoms with van der Waals surface area (Å²) >= 11 is 0. The SMILES string of the molecule is Cc1ccc(-c2ccc(-c3ccc4c(c3)c3cc(-n5c6ccccc6c6ccccc65)ccc3n4-c3ccc(C)cc3)cc2)cc1. The molecule has 9 rings (SSSR count). The highest BCUT2D eigenvalue weighted by molar-refractivity contribution is 6.13. The Hall–Kier alpha value is -5.86. The summed E-state index contributed by atoms with van der Waals surface area (Å²) in [7, 11) is 0. The zero-order chi connectivity index (χ0) is 30.8. The van der Waals surface area contributed by atoms with Crippen LogP contribution in [-0.4, -0.2) is 9.13 Å². The summed E-state index contributed by atoms with van der Waals surface area (Å²) in [5.41, 5.74) is 14.6. The Balaban J connectivity index is 1.26. The van der Waals surface area contributed by atoms with E-state index in [1.54, 1.807) is 0 Å². The fourth-order valence-electron chi connectivity index (χ4n) is 7.10. The molecule has 0 amide bonds. The van der Waals surface area contributed by atoms with Crippen LogP contribution in [0.1, 0.15) is 11.1 Å². The van der Waals surface area contributed by atoms with Crippen LogP contribution in [0.25, 0.3) is 77.2 Å². The van der Waals surface area contributed by atoms with Crippen LogP contribution in [0, 0.1) is 13.8 Å². The second-order valence-electron chi connectivity index (χ2n) is 12.4. The van der Waals surface area contributed by atoms with E-state index in [9.17, 15) is 0 Å². The number of benzene rings is 7. The van der Waals surface area contributed by atoms with Crippen LogP contribution in [0.5, 0.6) is 0 Å². The van der Waals surface area contributed by atoms with Crippen LogP contribution in [0.2, 0.25) is 0 Å². The molecule has 7 aromatic carbocycles. The molecule has 0 N–H and O–H groups in total. The van der Waals surface area contributed by atoms with Gasteiger partial charge in [-0.1, -0.05) is 114 Å². The molecular weight excluding hydrogens is 556 g/mol. The molecule has 2 aromatic heterocycles. The summed E-state index contributed by atoms with van der Waals surface area (Å²) in [6, 6.07) is 57.9. The second-order valence-corrected chi connectivity index (χ2v) is 12.4. The van der Waals surface area contributed by atoms with Gasteiger partial charge in [0.15, 0.2) is 0 Å². The topological polar surface area (TPSA) is 9.86 Å². The van der Waals surface area contributed by atoms with Crippen molar-refractivity contribution >= 4 is 43.6 Å². The molecule has 2 nitrogen and oxygen atoms in total. The quantitative estimate of drug-likeness (QED) is 0.194. The maximum absolute atomic E-state index is 2.41. The summed E-state index contributed by atoms with van der Waals surface area (Å²) in [4.78, 5) is 0. The average Bonchev–Trinajstić information content (AvgIpc) is 3.61. The predicted octanol–water partition coefficient (Wildman–Crippen LogP) is 11.8. The molecule has 0 aliphatic carbocycles. The number of hydrogen-bond donors (Lipinski definition) is 0. The second kappa shape index (κ2) is 10.4. The molecule has 0 aliphatic heterocycles. The number of aryl methyl sites for hydroxylation is 2. The van der Waals surface area contributed by atoms with E-state index in [2.05, 4.69) is 181 Å². The Morgan fingerprint density at radius 3 is 1.30 bits per heavy atom. The summed E-state index contributed by atoms with van der Waals surface area (Å²) in [5, 5.41) is 5.04. The first kappa shape index (κ1) is 26.5. The van der Waals surface area contributed by atoms with Gasteiger partial charge in [-0.3, -0.25) is 0 Å². The first-order chi connectivity index (χ1) is 22.6. The molecule has 218 valence electrons. The fraction of sp³-hybridized carbons (Fsp3) is 0.0455. The van der Waals surface area contributed by atoms with Gasteiger partial charge in [-0.2, -0.15) is 0 Å². The van der Waals surface area contributed by atoms with E-state index >= 15 is 0 Å². The van der Waals surface area contributed by atoms with Gasteiger partial charge in [0.25, 0.3) is 0 Å². The Morgan fingerprint density at radius 1 is 0.304 bits per heavy atom. The highest BCUT2D eigenvalue weighted by atomic mass is 15.0.